The van der Waals surface area contributed by atoms with E-state index in [2.05, 4.69) is 0 Å². The first kappa shape index (κ1) is 18.2. The molecule has 0 aromatic heterocycles. The van der Waals surface area contributed by atoms with Gasteiger partial charge in [0, 0.05) is 13.0 Å². The van der Waals surface area contributed by atoms with Gasteiger partial charge in [0.1, 0.15) is 0 Å². The Morgan fingerprint density at radius 3 is 2.62 bits per heavy atom. The van der Waals surface area contributed by atoms with Crippen molar-refractivity contribution in [3.63, 3.8) is 0 Å². The van der Waals surface area contributed by atoms with Crippen LogP contribution >= 0.6 is 0 Å². The molecule has 1 aliphatic rings. The molecular weight excluding hydrogens is 306 g/mol. The van der Waals surface area contributed by atoms with Gasteiger partial charge in [-0.1, -0.05) is 36.4 Å². The molecule has 1 fully saturated rings. The lowest BCUT2D eigenvalue weighted by atomic mass is 10.1. The Morgan fingerprint density at radius 2 is 2.00 bits per heavy atom. The van der Waals surface area contributed by atoms with E-state index in [1.165, 1.54) is 0 Å². The molecule has 130 valence electrons. The Labute approximate surface area is 142 Å². The first-order valence-corrected chi connectivity index (χ1v) is 8.41. The lowest BCUT2D eigenvalue weighted by molar-refractivity contribution is -0.136. The molecule has 0 aliphatic carbocycles. The van der Waals surface area contributed by atoms with Crippen molar-refractivity contribution in [2.45, 2.75) is 51.2 Å². The van der Waals surface area contributed by atoms with Gasteiger partial charge >= 0.3 is 5.97 Å². The summed E-state index contributed by atoms with van der Waals surface area (Å²) in [6.07, 6.45) is 6.30. The average Bonchev–Trinajstić information content (AvgIpc) is 2.87. The van der Waals surface area contributed by atoms with Gasteiger partial charge in [-0.3, -0.25) is 9.59 Å². The van der Waals surface area contributed by atoms with Crippen molar-refractivity contribution in [2.24, 2.45) is 0 Å². The van der Waals surface area contributed by atoms with Crippen molar-refractivity contribution in [3.8, 4) is 0 Å². The molecule has 0 bridgehead atoms. The predicted molar refractivity (Wildman–Crippen MR) is 91.7 cm³/mol. The highest BCUT2D eigenvalue weighted by Crippen LogP contribution is 2.21. The summed E-state index contributed by atoms with van der Waals surface area (Å²) in [5.74, 6) is -0.654. The van der Waals surface area contributed by atoms with Crippen LogP contribution in [0.4, 0.5) is 0 Å². The summed E-state index contributed by atoms with van der Waals surface area (Å²) in [5, 5.41) is 18.1. The zero-order chi connectivity index (χ0) is 17.5. The number of rotatable bonds is 8. The van der Waals surface area contributed by atoms with Crippen molar-refractivity contribution in [3.05, 3.63) is 47.5 Å². The lowest BCUT2D eigenvalue weighted by Gasteiger charge is -2.22. The van der Waals surface area contributed by atoms with Crippen molar-refractivity contribution in [1.29, 1.82) is 0 Å². The number of aliphatic hydroxyl groups excluding tert-OH is 1. The Balaban J connectivity index is 1.83. The highest BCUT2D eigenvalue weighted by molar-refractivity contribution is 5.79. The van der Waals surface area contributed by atoms with Gasteiger partial charge in [0.15, 0.2) is 0 Å². The molecule has 2 atom stereocenters. The maximum absolute atomic E-state index is 12.0. The summed E-state index contributed by atoms with van der Waals surface area (Å²) >= 11 is 0. The quantitative estimate of drug-likeness (QED) is 0.716. The molecule has 1 aromatic rings. The second-order valence-corrected chi connectivity index (χ2v) is 6.31. The highest BCUT2D eigenvalue weighted by Gasteiger charge is 2.28. The molecule has 24 heavy (non-hydrogen) atoms. The smallest absolute Gasteiger partial charge is 0.307 e. The molecule has 1 amide bonds. The zero-order valence-electron chi connectivity index (χ0n) is 14.0. The van der Waals surface area contributed by atoms with Crippen LogP contribution in [0.2, 0.25) is 0 Å². The van der Waals surface area contributed by atoms with Gasteiger partial charge in [-0.05, 0) is 37.3 Å². The number of carboxylic acids is 1. The maximum atomic E-state index is 12.0. The molecule has 2 rings (SSSR count). The third kappa shape index (κ3) is 5.49. The first-order valence-electron chi connectivity index (χ1n) is 8.41. The van der Waals surface area contributed by atoms with Crippen molar-refractivity contribution in [2.75, 3.05) is 6.54 Å². The van der Waals surface area contributed by atoms with Gasteiger partial charge in [-0.2, -0.15) is 0 Å². The lowest BCUT2D eigenvalue weighted by Crippen LogP contribution is -2.33. The number of hydrogen-bond acceptors (Lipinski definition) is 3. The van der Waals surface area contributed by atoms with Crippen LogP contribution in [-0.2, 0) is 22.4 Å². The van der Waals surface area contributed by atoms with E-state index in [-0.39, 0.29) is 18.4 Å². The molecule has 5 heteroatoms. The van der Waals surface area contributed by atoms with Crippen LogP contribution in [-0.4, -0.2) is 45.7 Å². The fraction of sp³-hybridized carbons (Fsp3) is 0.474. The van der Waals surface area contributed by atoms with Crippen LogP contribution in [0.3, 0.4) is 0 Å². The van der Waals surface area contributed by atoms with E-state index in [0.717, 1.165) is 30.4 Å². The molecule has 5 nitrogen and oxygen atoms in total. The van der Waals surface area contributed by atoms with Gasteiger partial charge in [-0.25, -0.2) is 0 Å². The maximum Gasteiger partial charge on any atom is 0.307 e. The SMILES string of the molecule is CC(O)/C=C/C1CCC(=O)N1CCCc1ccc(CC(=O)O)cc1. The van der Waals surface area contributed by atoms with Crippen LogP contribution in [0.1, 0.15) is 37.3 Å². The monoisotopic (exact) mass is 331 g/mol. The van der Waals surface area contributed by atoms with E-state index < -0.39 is 12.1 Å². The normalized spacial score (nSPS) is 19.2. The number of likely N-dealkylation sites (tertiary alicyclic amines) is 1. The van der Waals surface area contributed by atoms with Gasteiger partial charge in [-0.15, -0.1) is 0 Å². The number of carbonyl (C=O) groups is 2. The summed E-state index contributed by atoms with van der Waals surface area (Å²) < 4.78 is 0. The Morgan fingerprint density at radius 1 is 1.33 bits per heavy atom. The number of nitrogens with zero attached hydrogens (tertiary/aromatic N) is 1. The van der Waals surface area contributed by atoms with E-state index in [0.29, 0.717) is 13.0 Å². The summed E-state index contributed by atoms with van der Waals surface area (Å²) in [7, 11) is 0. The van der Waals surface area contributed by atoms with Gasteiger partial charge in [0.2, 0.25) is 5.91 Å². The zero-order valence-corrected chi connectivity index (χ0v) is 14.0. The van der Waals surface area contributed by atoms with E-state index in [9.17, 15) is 14.7 Å². The number of amides is 1. The number of aliphatic hydroxyl groups is 1. The van der Waals surface area contributed by atoms with E-state index >= 15 is 0 Å². The average molecular weight is 331 g/mol. The Kier molecular flexibility index (Phi) is 6.55. The molecular formula is C19H25NO4. The number of aliphatic carboxylic acids is 1. The molecule has 2 unspecified atom stereocenters. The van der Waals surface area contributed by atoms with Crippen LogP contribution in [0.25, 0.3) is 0 Å². The predicted octanol–water partition coefficient (Wildman–Crippen LogP) is 2.17. The van der Waals surface area contributed by atoms with Crippen molar-refractivity contribution < 1.29 is 19.8 Å². The molecule has 1 aromatic carbocycles. The molecule has 0 spiro atoms. The number of hydrogen-bond donors (Lipinski definition) is 2. The Bertz CT molecular complexity index is 592. The summed E-state index contributed by atoms with van der Waals surface area (Å²) in [4.78, 5) is 24.6. The second kappa shape index (κ2) is 8.64. The summed E-state index contributed by atoms with van der Waals surface area (Å²) in [6.45, 7) is 2.40. The van der Waals surface area contributed by atoms with Crippen LogP contribution in [0, 0.1) is 0 Å². The molecule has 2 N–H and O–H groups in total. The minimum absolute atomic E-state index is 0.0415. The fourth-order valence-corrected chi connectivity index (χ4v) is 2.99. The fourth-order valence-electron chi connectivity index (χ4n) is 2.99. The third-order valence-corrected chi connectivity index (χ3v) is 4.23. The van der Waals surface area contributed by atoms with Crippen LogP contribution in [0.5, 0.6) is 0 Å². The standard InChI is InChI=1S/C19H25NO4/c1-14(21)4-9-17-10-11-18(22)20(17)12-2-3-15-5-7-16(8-6-15)13-19(23)24/h4-9,14,17,21H,2-3,10-13H2,1H3,(H,23,24)/b9-4+. The van der Waals surface area contributed by atoms with E-state index in [4.69, 9.17) is 5.11 Å². The molecule has 1 saturated heterocycles. The topological polar surface area (TPSA) is 77.8 Å². The first-order chi connectivity index (χ1) is 11.5. The van der Waals surface area contributed by atoms with E-state index in [1.807, 2.05) is 35.2 Å². The third-order valence-electron chi connectivity index (χ3n) is 4.23. The van der Waals surface area contributed by atoms with Crippen molar-refractivity contribution in [1.82, 2.24) is 4.90 Å². The number of benzene rings is 1. The largest absolute Gasteiger partial charge is 0.481 e. The van der Waals surface area contributed by atoms with Gasteiger partial charge in [0.05, 0.1) is 18.6 Å². The minimum Gasteiger partial charge on any atom is -0.481 e. The van der Waals surface area contributed by atoms with Crippen molar-refractivity contribution >= 4 is 11.9 Å². The van der Waals surface area contributed by atoms with Crippen LogP contribution in [0.15, 0.2) is 36.4 Å². The minimum atomic E-state index is -0.827. The van der Waals surface area contributed by atoms with Gasteiger partial charge in [0.25, 0.3) is 0 Å². The van der Waals surface area contributed by atoms with Gasteiger partial charge < -0.3 is 15.1 Å². The molecule has 0 saturated carbocycles. The van der Waals surface area contributed by atoms with E-state index in [1.54, 1.807) is 13.0 Å². The molecule has 0 radical (unpaired) electrons. The number of aryl methyl sites for hydroxylation is 1. The number of carboxylic acid groups (broad SMARTS) is 1. The highest BCUT2D eigenvalue weighted by atomic mass is 16.4. The Hall–Kier alpha value is -2.14. The summed E-state index contributed by atoms with van der Waals surface area (Å²) in [5.41, 5.74) is 1.94. The number of carbonyl (C=O) groups excluding carboxylic acids is 1. The van der Waals surface area contributed by atoms with Crippen LogP contribution < -0.4 is 0 Å². The second-order valence-electron chi connectivity index (χ2n) is 6.31. The molecule has 1 aliphatic heterocycles. The molecule has 1 heterocycles. The summed E-state index contributed by atoms with van der Waals surface area (Å²) in [6, 6.07) is 7.69.